The third-order valence-electron chi connectivity index (χ3n) is 4.37. The number of hydrogen-bond donors (Lipinski definition) is 1. The van der Waals surface area contributed by atoms with Crippen molar-refractivity contribution in [3.05, 3.63) is 0 Å². The largest absolute Gasteiger partial charge is 0.343 e. The molecule has 0 radical (unpaired) electrons. The van der Waals surface area contributed by atoms with E-state index in [0.717, 1.165) is 38.1 Å². The van der Waals surface area contributed by atoms with Gasteiger partial charge in [0.15, 0.2) is 0 Å². The normalized spacial score (nSPS) is 24.1. The summed E-state index contributed by atoms with van der Waals surface area (Å²) in [5, 5.41) is 0. The van der Waals surface area contributed by atoms with Crippen LogP contribution in [0.2, 0.25) is 0 Å². The number of amides is 1. The molecule has 1 amide bonds. The Kier molecular flexibility index (Phi) is 4.03. The van der Waals surface area contributed by atoms with Crippen molar-refractivity contribution in [2.45, 2.75) is 38.1 Å². The topological polar surface area (TPSA) is 23.6 Å². The second-order valence-electron chi connectivity index (χ2n) is 5.91. The molecule has 3 nitrogen and oxygen atoms in total. The van der Waals surface area contributed by atoms with E-state index in [9.17, 15) is 4.79 Å². The Morgan fingerprint density at radius 3 is 2.35 bits per heavy atom. The minimum atomic E-state index is 0.262. The fraction of sp³-hybridized carbons (Fsp3) is 0.923. The smallest absolute Gasteiger partial charge is 0.223 e. The van der Waals surface area contributed by atoms with Gasteiger partial charge in [0.05, 0.1) is 0 Å². The molecule has 0 aromatic heterocycles. The van der Waals surface area contributed by atoms with Crippen LogP contribution in [-0.4, -0.2) is 54.7 Å². The Bertz CT molecular complexity index is 281. The highest BCUT2D eigenvalue weighted by molar-refractivity contribution is 7.80. The number of piperidine rings is 1. The van der Waals surface area contributed by atoms with Gasteiger partial charge >= 0.3 is 0 Å². The molecule has 0 spiro atoms. The van der Waals surface area contributed by atoms with Crippen molar-refractivity contribution in [3.8, 4) is 0 Å². The van der Waals surface area contributed by atoms with E-state index in [0.29, 0.717) is 11.9 Å². The summed E-state index contributed by atoms with van der Waals surface area (Å²) >= 11 is 4.37. The van der Waals surface area contributed by atoms with Crippen molar-refractivity contribution in [3.63, 3.8) is 0 Å². The predicted octanol–water partition coefficient (Wildman–Crippen LogP) is 1.64. The molecule has 0 N–H and O–H groups in total. The van der Waals surface area contributed by atoms with Crippen molar-refractivity contribution in [1.82, 2.24) is 9.80 Å². The van der Waals surface area contributed by atoms with E-state index in [1.807, 2.05) is 0 Å². The van der Waals surface area contributed by atoms with Gasteiger partial charge in [0.1, 0.15) is 0 Å². The second kappa shape index (κ2) is 5.19. The standard InChI is InChI=1S/C13H24N2OS/c1-14(2)11-3-7-15(8-4-11)12(16)9-13(10-17)5-6-13/h11,17H,3-10H2,1-2H3. The number of likely N-dealkylation sites (tertiary alicyclic amines) is 1. The van der Waals surface area contributed by atoms with Gasteiger partial charge in [0, 0.05) is 25.6 Å². The lowest BCUT2D eigenvalue weighted by Crippen LogP contribution is -2.45. The molecule has 0 atom stereocenters. The molecule has 2 rings (SSSR count). The summed E-state index contributed by atoms with van der Waals surface area (Å²) in [7, 11) is 4.25. The number of thiol groups is 1. The summed E-state index contributed by atoms with van der Waals surface area (Å²) in [5.41, 5.74) is 0.262. The van der Waals surface area contributed by atoms with E-state index in [-0.39, 0.29) is 5.41 Å². The Labute approximate surface area is 110 Å². The van der Waals surface area contributed by atoms with E-state index in [2.05, 4.69) is 36.5 Å². The lowest BCUT2D eigenvalue weighted by atomic mass is 10.0. The van der Waals surface area contributed by atoms with Crippen LogP contribution in [0.25, 0.3) is 0 Å². The number of hydrogen-bond acceptors (Lipinski definition) is 3. The Hall–Kier alpha value is -0.220. The first-order valence-corrected chi connectivity index (χ1v) is 7.25. The van der Waals surface area contributed by atoms with Crippen molar-refractivity contribution in [2.24, 2.45) is 5.41 Å². The average molecular weight is 256 g/mol. The van der Waals surface area contributed by atoms with Gasteiger partial charge < -0.3 is 9.80 Å². The maximum atomic E-state index is 12.2. The van der Waals surface area contributed by atoms with Crippen molar-refractivity contribution in [1.29, 1.82) is 0 Å². The van der Waals surface area contributed by atoms with E-state index in [1.54, 1.807) is 0 Å². The molecular weight excluding hydrogens is 232 g/mol. The SMILES string of the molecule is CN(C)C1CCN(C(=O)CC2(CS)CC2)CC1. The highest BCUT2D eigenvalue weighted by Crippen LogP contribution is 2.49. The van der Waals surface area contributed by atoms with E-state index < -0.39 is 0 Å². The minimum absolute atomic E-state index is 0.262. The fourth-order valence-corrected chi connectivity index (χ4v) is 3.06. The third-order valence-corrected chi connectivity index (χ3v) is 5.04. The molecule has 0 aromatic rings. The second-order valence-corrected chi connectivity index (χ2v) is 6.23. The van der Waals surface area contributed by atoms with Crippen molar-refractivity contribution >= 4 is 18.5 Å². The highest BCUT2D eigenvalue weighted by Gasteiger charge is 2.43. The Morgan fingerprint density at radius 2 is 1.94 bits per heavy atom. The van der Waals surface area contributed by atoms with Crippen LogP contribution < -0.4 is 0 Å². The number of carbonyl (C=O) groups is 1. The molecule has 2 aliphatic rings. The lowest BCUT2D eigenvalue weighted by molar-refractivity contribution is -0.133. The molecule has 4 heteroatoms. The van der Waals surface area contributed by atoms with Gasteiger partial charge in [-0.15, -0.1) is 0 Å². The van der Waals surface area contributed by atoms with Crippen LogP contribution >= 0.6 is 12.6 Å². The van der Waals surface area contributed by atoms with E-state index >= 15 is 0 Å². The highest BCUT2D eigenvalue weighted by atomic mass is 32.1. The molecule has 1 saturated heterocycles. The van der Waals surface area contributed by atoms with Gasteiger partial charge in [-0.1, -0.05) is 0 Å². The molecule has 2 fully saturated rings. The quantitative estimate of drug-likeness (QED) is 0.773. The van der Waals surface area contributed by atoms with Crippen molar-refractivity contribution < 1.29 is 4.79 Å². The first kappa shape index (κ1) is 13.2. The third kappa shape index (κ3) is 3.16. The molecule has 17 heavy (non-hydrogen) atoms. The Balaban J connectivity index is 1.78. The van der Waals surface area contributed by atoms with Gasteiger partial charge in [-0.3, -0.25) is 4.79 Å². The van der Waals surface area contributed by atoms with Gasteiger partial charge in [-0.25, -0.2) is 0 Å². The molecule has 0 bridgehead atoms. The summed E-state index contributed by atoms with van der Waals surface area (Å²) in [6.07, 6.45) is 5.34. The van der Waals surface area contributed by atoms with Crippen LogP contribution in [0.4, 0.5) is 0 Å². The van der Waals surface area contributed by atoms with Gasteiger partial charge in [-0.05, 0) is 50.9 Å². The molecule has 0 aromatic carbocycles. The summed E-state index contributed by atoms with van der Waals surface area (Å²) in [4.78, 5) is 16.5. The lowest BCUT2D eigenvalue weighted by Gasteiger charge is -2.35. The van der Waals surface area contributed by atoms with Crippen LogP contribution in [0.5, 0.6) is 0 Å². The first-order valence-electron chi connectivity index (χ1n) is 6.61. The summed E-state index contributed by atoms with van der Waals surface area (Å²) in [6.45, 7) is 1.87. The zero-order valence-corrected chi connectivity index (χ0v) is 11.9. The van der Waals surface area contributed by atoms with Gasteiger partial charge in [0.25, 0.3) is 0 Å². The molecule has 1 aliphatic heterocycles. The zero-order chi connectivity index (χ0) is 12.5. The van der Waals surface area contributed by atoms with E-state index in [1.165, 1.54) is 12.8 Å². The number of nitrogens with zero attached hydrogens (tertiary/aromatic N) is 2. The van der Waals surface area contributed by atoms with Crippen LogP contribution in [0.1, 0.15) is 32.1 Å². The maximum absolute atomic E-state index is 12.2. The van der Waals surface area contributed by atoms with Crippen LogP contribution in [0.15, 0.2) is 0 Å². The average Bonchev–Trinajstić information content (AvgIpc) is 3.09. The number of rotatable bonds is 4. The fourth-order valence-electron chi connectivity index (χ4n) is 2.63. The summed E-state index contributed by atoms with van der Waals surface area (Å²) < 4.78 is 0. The van der Waals surface area contributed by atoms with E-state index in [4.69, 9.17) is 0 Å². The van der Waals surface area contributed by atoms with Crippen molar-refractivity contribution in [2.75, 3.05) is 32.9 Å². The van der Waals surface area contributed by atoms with Crippen LogP contribution in [0, 0.1) is 5.41 Å². The molecule has 1 heterocycles. The Morgan fingerprint density at radius 1 is 1.35 bits per heavy atom. The monoisotopic (exact) mass is 256 g/mol. The summed E-state index contributed by atoms with van der Waals surface area (Å²) in [6, 6.07) is 0.652. The molecule has 1 saturated carbocycles. The van der Waals surface area contributed by atoms with Gasteiger partial charge in [-0.2, -0.15) is 12.6 Å². The molecule has 0 unspecified atom stereocenters. The first-order chi connectivity index (χ1) is 8.06. The zero-order valence-electron chi connectivity index (χ0n) is 11.0. The van der Waals surface area contributed by atoms with Crippen LogP contribution in [0.3, 0.4) is 0 Å². The minimum Gasteiger partial charge on any atom is -0.343 e. The maximum Gasteiger partial charge on any atom is 0.223 e. The predicted molar refractivity (Wildman–Crippen MR) is 73.4 cm³/mol. The molecule has 98 valence electrons. The summed E-state index contributed by atoms with van der Waals surface area (Å²) in [5.74, 6) is 1.22. The number of carbonyl (C=O) groups excluding carboxylic acids is 1. The van der Waals surface area contributed by atoms with Crippen LogP contribution in [-0.2, 0) is 4.79 Å². The molecule has 1 aliphatic carbocycles. The molecular formula is C13H24N2OS. The van der Waals surface area contributed by atoms with Gasteiger partial charge in [0.2, 0.25) is 5.91 Å².